The van der Waals surface area contributed by atoms with Crippen molar-refractivity contribution in [1.29, 1.82) is 0 Å². The van der Waals surface area contributed by atoms with Gasteiger partial charge in [-0.05, 0) is 12.8 Å². The second-order valence-electron chi connectivity index (χ2n) is 3.54. The van der Waals surface area contributed by atoms with Crippen LogP contribution >= 0.6 is 15.9 Å². The Morgan fingerprint density at radius 1 is 1.07 bits per heavy atom. The van der Waals surface area contributed by atoms with Crippen LogP contribution in [-0.2, 0) is 9.53 Å². The molecule has 0 unspecified atom stereocenters. The number of unbranched alkanes of at least 4 members (excludes halogenated alkanes) is 5. The number of Topliss-reactive ketones (excluding diaryl/α,β-unsaturated/α-hetero) is 1. The highest BCUT2D eigenvalue weighted by molar-refractivity contribution is 9.09. The fourth-order valence-corrected chi connectivity index (χ4v) is 1.62. The summed E-state index contributed by atoms with van der Waals surface area (Å²) in [6.07, 6.45) is 7.91. The fourth-order valence-electron chi connectivity index (χ4n) is 1.34. The molecule has 0 rings (SSSR count). The monoisotopic (exact) mass is 264 g/mol. The minimum Gasteiger partial charge on any atom is -0.385 e. The van der Waals surface area contributed by atoms with Crippen molar-refractivity contribution in [3.05, 3.63) is 0 Å². The molecule has 0 aliphatic carbocycles. The lowest BCUT2D eigenvalue weighted by Gasteiger charge is -2.00. The molecule has 0 aromatic heterocycles. The summed E-state index contributed by atoms with van der Waals surface area (Å²) in [4.78, 5) is 10.9. The highest BCUT2D eigenvalue weighted by Crippen LogP contribution is 2.07. The van der Waals surface area contributed by atoms with Gasteiger partial charge >= 0.3 is 0 Å². The van der Waals surface area contributed by atoms with Crippen molar-refractivity contribution in [2.24, 2.45) is 0 Å². The van der Waals surface area contributed by atoms with E-state index in [9.17, 15) is 4.79 Å². The lowest BCUT2D eigenvalue weighted by molar-refractivity contribution is -0.116. The Labute approximate surface area is 95.5 Å². The molecule has 0 fully saturated rings. The summed E-state index contributed by atoms with van der Waals surface area (Å²) in [7, 11) is 1.74. The van der Waals surface area contributed by atoms with E-state index in [0.29, 0.717) is 11.1 Å². The summed E-state index contributed by atoms with van der Waals surface area (Å²) >= 11 is 3.16. The number of ketones is 1. The van der Waals surface area contributed by atoms with Crippen LogP contribution in [-0.4, -0.2) is 24.8 Å². The predicted molar refractivity (Wildman–Crippen MR) is 63.0 cm³/mol. The van der Waals surface area contributed by atoms with Crippen molar-refractivity contribution < 1.29 is 9.53 Å². The Kier molecular flexibility index (Phi) is 11.3. The largest absolute Gasteiger partial charge is 0.385 e. The fraction of sp³-hybridized carbons (Fsp3) is 0.909. The molecule has 0 heterocycles. The summed E-state index contributed by atoms with van der Waals surface area (Å²) in [6, 6.07) is 0. The average molecular weight is 265 g/mol. The molecule has 0 aromatic rings. The smallest absolute Gasteiger partial charge is 0.143 e. The van der Waals surface area contributed by atoms with Gasteiger partial charge in [-0.3, -0.25) is 4.79 Å². The Hall–Kier alpha value is 0.110. The Bertz CT molecular complexity index is 137. The quantitative estimate of drug-likeness (QED) is 0.447. The Morgan fingerprint density at radius 3 is 2.21 bits per heavy atom. The summed E-state index contributed by atoms with van der Waals surface area (Å²) in [5.74, 6) is 0.324. The number of hydrogen-bond acceptors (Lipinski definition) is 2. The third-order valence-electron chi connectivity index (χ3n) is 2.20. The highest BCUT2D eigenvalue weighted by Gasteiger charge is 1.98. The number of alkyl halides is 1. The zero-order chi connectivity index (χ0) is 10.6. The highest BCUT2D eigenvalue weighted by atomic mass is 79.9. The van der Waals surface area contributed by atoms with Gasteiger partial charge in [-0.15, -0.1) is 0 Å². The molecule has 84 valence electrons. The Morgan fingerprint density at radius 2 is 1.64 bits per heavy atom. The first-order valence-electron chi connectivity index (χ1n) is 5.38. The second kappa shape index (κ2) is 11.2. The molecule has 0 bridgehead atoms. The van der Waals surface area contributed by atoms with Crippen molar-refractivity contribution in [1.82, 2.24) is 0 Å². The lowest BCUT2D eigenvalue weighted by Crippen LogP contribution is -1.97. The summed E-state index contributed by atoms with van der Waals surface area (Å²) in [5.41, 5.74) is 0. The maximum Gasteiger partial charge on any atom is 0.143 e. The van der Waals surface area contributed by atoms with E-state index >= 15 is 0 Å². The first-order chi connectivity index (χ1) is 6.81. The van der Waals surface area contributed by atoms with Crippen LogP contribution in [0.5, 0.6) is 0 Å². The second-order valence-corrected chi connectivity index (χ2v) is 4.10. The third-order valence-corrected chi connectivity index (χ3v) is 2.83. The summed E-state index contributed by atoms with van der Waals surface area (Å²) in [5, 5.41) is 0.515. The number of carbonyl (C=O) groups is 1. The molecule has 0 N–H and O–H groups in total. The van der Waals surface area contributed by atoms with E-state index in [-0.39, 0.29) is 0 Å². The number of methoxy groups -OCH3 is 1. The molecule has 2 nitrogen and oxygen atoms in total. The van der Waals surface area contributed by atoms with Gasteiger partial charge < -0.3 is 4.74 Å². The number of rotatable bonds is 10. The van der Waals surface area contributed by atoms with Crippen LogP contribution in [0.1, 0.15) is 44.9 Å². The van der Waals surface area contributed by atoms with E-state index in [1.807, 2.05) is 0 Å². The van der Waals surface area contributed by atoms with E-state index < -0.39 is 0 Å². The van der Waals surface area contributed by atoms with Gasteiger partial charge in [0.1, 0.15) is 5.78 Å². The van der Waals surface area contributed by atoms with Crippen molar-refractivity contribution in [2.45, 2.75) is 44.9 Å². The summed E-state index contributed by atoms with van der Waals surface area (Å²) < 4.78 is 4.97. The normalized spacial score (nSPS) is 10.4. The molecule has 0 aliphatic heterocycles. The van der Waals surface area contributed by atoms with Gasteiger partial charge in [0.15, 0.2) is 0 Å². The SMILES string of the molecule is COCCCCCCCCC(=O)CBr. The molecule has 0 saturated carbocycles. The molecule has 0 atom stereocenters. The maximum atomic E-state index is 10.9. The molecule has 0 aliphatic rings. The van der Waals surface area contributed by atoms with E-state index in [1.54, 1.807) is 7.11 Å². The van der Waals surface area contributed by atoms with Gasteiger partial charge in [0, 0.05) is 20.1 Å². The van der Waals surface area contributed by atoms with Gasteiger partial charge in [0.2, 0.25) is 0 Å². The van der Waals surface area contributed by atoms with Gasteiger partial charge in [-0.25, -0.2) is 0 Å². The van der Waals surface area contributed by atoms with E-state index in [1.165, 1.54) is 25.7 Å². The van der Waals surface area contributed by atoms with E-state index in [0.717, 1.165) is 25.9 Å². The van der Waals surface area contributed by atoms with Crippen molar-refractivity contribution in [3.63, 3.8) is 0 Å². The van der Waals surface area contributed by atoms with Crippen molar-refractivity contribution in [2.75, 3.05) is 19.0 Å². The third kappa shape index (κ3) is 10.2. The molecule has 0 aromatic carbocycles. The zero-order valence-corrected chi connectivity index (χ0v) is 10.6. The molecule has 0 amide bonds. The number of hydrogen-bond donors (Lipinski definition) is 0. The molecule has 0 saturated heterocycles. The van der Waals surface area contributed by atoms with Gasteiger partial charge in [-0.1, -0.05) is 41.6 Å². The van der Waals surface area contributed by atoms with Crippen LogP contribution in [0, 0.1) is 0 Å². The number of carbonyl (C=O) groups excluding carboxylic acids is 1. The molecular weight excluding hydrogens is 244 g/mol. The van der Waals surface area contributed by atoms with Gasteiger partial charge in [0.05, 0.1) is 5.33 Å². The Balaban J connectivity index is 2.95. The maximum absolute atomic E-state index is 10.9. The number of halogens is 1. The molecule has 0 radical (unpaired) electrons. The molecular formula is C11H21BrO2. The lowest BCUT2D eigenvalue weighted by atomic mass is 10.1. The molecule has 14 heavy (non-hydrogen) atoms. The molecule has 3 heteroatoms. The van der Waals surface area contributed by atoms with Crippen LogP contribution in [0.3, 0.4) is 0 Å². The van der Waals surface area contributed by atoms with Crippen LogP contribution in [0.25, 0.3) is 0 Å². The predicted octanol–water partition coefficient (Wildman–Crippen LogP) is 3.33. The average Bonchev–Trinajstić information content (AvgIpc) is 2.21. The standard InChI is InChI=1S/C11H21BrO2/c1-14-9-7-5-3-2-4-6-8-11(13)10-12/h2-10H2,1H3. The zero-order valence-electron chi connectivity index (χ0n) is 9.06. The van der Waals surface area contributed by atoms with Crippen LogP contribution in [0.4, 0.5) is 0 Å². The molecule has 0 spiro atoms. The first kappa shape index (κ1) is 14.1. The minimum atomic E-state index is 0.324. The summed E-state index contributed by atoms with van der Waals surface area (Å²) in [6.45, 7) is 0.877. The topological polar surface area (TPSA) is 26.3 Å². The van der Waals surface area contributed by atoms with E-state index in [4.69, 9.17) is 4.74 Å². The first-order valence-corrected chi connectivity index (χ1v) is 6.50. The van der Waals surface area contributed by atoms with Crippen LogP contribution in [0.2, 0.25) is 0 Å². The van der Waals surface area contributed by atoms with Crippen LogP contribution < -0.4 is 0 Å². The van der Waals surface area contributed by atoms with E-state index in [2.05, 4.69) is 15.9 Å². The van der Waals surface area contributed by atoms with Gasteiger partial charge in [-0.2, -0.15) is 0 Å². The van der Waals surface area contributed by atoms with Crippen LogP contribution in [0.15, 0.2) is 0 Å². The number of ether oxygens (including phenoxy) is 1. The van der Waals surface area contributed by atoms with Crippen molar-refractivity contribution in [3.8, 4) is 0 Å². The minimum absolute atomic E-state index is 0.324. The van der Waals surface area contributed by atoms with Crippen molar-refractivity contribution >= 4 is 21.7 Å². The van der Waals surface area contributed by atoms with Gasteiger partial charge in [0.25, 0.3) is 0 Å².